The summed E-state index contributed by atoms with van der Waals surface area (Å²) in [6, 6.07) is 1.21. The zero-order chi connectivity index (χ0) is 10.9. The van der Waals surface area contributed by atoms with Crippen LogP contribution in [0.4, 0.5) is 0 Å². The summed E-state index contributed by atoms with van der Waals surface area (Å²) in [4.78, 5) is 0. The summed E-state index contributed by atoms with van der Waals surface area (Å²) in [5.74, 6) is 0. The molecule has 0 fully saturated rings. The van der Waals surface area contributed by atoms with Gasteiger partial charge in [-0.25, -0.2) is 0 Å². The third-order valence-corrected chi connectivity index (χ3v) is 3.25. The summed E-state index contributed by atoms with van der Waals surface area (Å²) < 4.78 is 24.5. The maximum Gasteiger partial charge on any atom is 0.509 e. The molecule has 9 heteroatoms. The summed E-state index contributed by atoms with van der Waals surface area (Å²) in [5, 5.41) is 21.2. The monoisotopic (exact) mass is 219 g/mol. The lowest BCUT2D eigenvalue weighted by Gasteiger charge is -2.13. The quantitative estimate of drug-likeness (QED) is 0.536. The molecule has 0 aromatic carbocycles. The molecule has 14 heavy (non-hydrogen) atoms. The summed E-state index contributed by atoms with van der Waals surface area (Å²) in [6.07, 6.45) is 1.18. The minimum Gasteiger partial charge on any atom is -0.422 e. The minimum atomic E-state index is -3.79. The number of hydrogen-bond acceptors (Lipinski definition) is 5. The van der Waals surface area contributed by atoms with Crippen molar-refractivity contribution in [1.29, 1.82) is 0 Å². The molecule has 7 nitrogen and oxygen atoms in total. The predicted octanol–water partition coefficient (Wildman–Crippen LogP) is -2.78. The molecule has 1 heterocycles. The van der Waals surface area contributed by atoms with Gasteiger partial charge in [0.15, 0.2) is 0 Å². The molecule has 0 atom stereocenters. The molecule has 0 amide bonds. The second-order valence-electron chi connectivity index (χ2n) is 2.76. The van der Waals surface area contributed by atoms with Crippen LogP contribution < -0.4 is 5.59 Å². The summed E-state index contributed by atoms with van der Waals surface area (Å²) in [5.41, 5.74) is -0.196. The normalized spacial score (nSPS) is 12.1. The zero-order valence-electron chi connectivity index (χ0n) is 7.69. The van der Waals surface area contributed by atoms with Crippen LogP contribution in [0.25, 0.3) is 0 Å². The van der Waals surface area contributed by atoms with Crippen LogP contribution in [-0.2, 0) is 10.2 Å². The molecule has 0 spiro atoms. The number of rotatable bonds is 3. The Morgan fingerprint density at radius 2 is 2.07 bits per heavy atom. The molecule has 0 aliphatic heterocycles. The van der Waals surface area contributed by atoms with Gasteiger partial charge in [0.05, 0.1) is 5.59 Å². The van der Waals surface area contributed by atoms with Gasteiger partial charge in [-0.1, -0.05) is 0 Å². The number of aromatic nitrogens is 2. The molecule has 0 bridgehead atoms. The Labute approximate surface area is 81.9 Å². The second-order valence-corrected chi connectivity index (χ2v) is 4.73. The third-order valence-electron chi connectivity index (χ3n) is 1.58. The molecular weight excluding hydrogens is 209 g/mol. The molecule has 0 unspecified atom stereocenters. The zero-order valence-corrected chi connectivity index (χ0v) is 8.51. The van der Waals surface area contributed by atoms with E-state index >= 15 is 0 Å². The molecule has 78 valence electrons. The molecular formula is C5H10BN3O4S. The second kappa shape index (κ2) is 3.69. The van der Waals surface area contributed by atoms with Gasteiger partial charge in [-0.3, -0.25) is 0 Å². The highest BCUT2D eigenvalue weighted by Crippen LogP contribution is 1.96. The Morgan fingerprint density at radius 3 is 2.50 bits per heavy atom. The topological polar surface area (TPSA) is 95.7 Å². The average molecular weight is 219 g/mol. The first-order chi connectivity index (χ1) is 6.37. The molecule has 1 aromatic rings. The van der Waals surface area contributed by atoms with Gasteiger partial charge in [-0.15, -0.1) is 0 Å². The fourth-order valence-electron chi connectivity index (χ4n) is 0.833. The van der Waals surface area contributed by atoms with Crippen LogP contribution in [0.15, 0.2) is 12.3 Å². The van der Waals surface area contributed by atoms with E-state index in [1.165, 1.54) is 26.4 Å². The summed E-state index contributed by atoms with van der Waals surface area (Å²) in [7, 11) is -3.01. The van der Waals surface area contributed by atoms with Crippen molar-refractivity contribution in [3.8, 4) is 0 Å². The maximum absolute atomic E-state index is 11.5. The number of hydrogen-bond donors (Lipinski definition) is 2. The van der Waals surface area contributed by atoms with Crippen molar-refractivity contribution in [2.45, 2.75) is 0 Å². The first-order valence-corrected chi connectivity index (χ1v) is 5.10. The lowest BCUT2D eigenvalue weighted by Crippen LogP contribution is -2.43. The average Bonchev–Trinajstić information content (AvgIpc) is 2.51. The smallest absolute Gasteiger partial charge is 0.422 e. The Kier molecular flexibility index (Phi) is 2.95. The van der Waals surface area contributed by atoms with E-state index < -0.39 is 17.3 Å². The molecule has 1 rings (SSSR count). The van der Waals surface area contributed by atoms with Crippen molar-refractivity contribution >= 4 is 22.9 Å². The van der Waals surface area contributed by atoms with Crippen LogP contribution in [0, 0.1) is 0 Å². The van der Waals surface area contributed by atoms with E-state index in [0.717, 1.165) is 4.31 Å². The van der Waals surface area contributed by atoms with E-state index in [1.54, 1.807) is 0 Å². The predicted molar refractivity (Wildman–Crippen MR) is 50.1 cm³/mol. The number of nitrogens with zero attached hydrogens (tertiary/aromatic N) is 3. The van der Waals surface area contributed by atoms with E-state index in [0.29, 0.717) is 4.09 Å². The van der Waals surface area contributed by atoms with E-state index in [2.05, 4.69) is 5.10 Å². The van der Waals surface area contributed by atoms with Gasteiger partial charge in [0.1, 0.15) is 0 Å². The Balaban J connectivity index is 3.27. The van der Waals surface area contributed by atoms with Crippen LogP contribution in [-0.4, -0.2) is 53.2 Å². The van der Waals surface area contributed by atoms with Gasteiger partial charge >= 0.3 is 17.3 Å². The van der Waals surface area contributed by atoms with Gasteiger partial charge in [0.25, 0.3) is 0 Å². The van der Waals surface area contributed by atoms with Gasteiger partial charge in [-0.2, -0.15) is 21.9 Å². The SMILES string of the molecule is CN(C)S(=O)(=O)n1nccc1B(O)O. The van der Waals surface area contributed by atoms with E-state index in [4.69, 9.17) is 10.0 Å². The largest absolute Gasteiger partial charge is 0.509 e. The Hall–Kier alpha value is -0.895. The standard InChI is InChI=1S/C5H10BN3O4S/c1-8(2)14(12,13)9-5(6(10)11)3-4-7-9/h3-4,10-11H,1-2H3. The first-order valence-electron chi connectivity index (χ1n) is 3.70. The van der Waals surface area contributed by atoms with E-state index in [-0.39, 0.29) is 5.59 Å². The fraction of sp³-hybridized carbons (Fsp3) is 0.400. The van der Waals surface area contributed by atoms with Crippen molar-refractivity contribution in [2.75, 3.05) is 14.1 Å². The van der Waals surface area contributed by atoms with Crippen LogP contribution in [0.1, 0.15) is 0 Å². The van der Waals surface area contributed by atoms with Crippen molar-refractivity contribution in [2.24, 2.45) is 0 Å². The molecule has 0 aliphatic rings. The lowest BCUT2D eigenvalue weighted by molar-refractivity contribution is 0.422. The van der Waals surface area contributed by atoms with E-state index in [1.807, 2.05) is 0 Å². The lowest BCUT2D eigenvalue weighted by atomic mass is 9.87. The minimum absolute atomic E-state index is 0.196. The molecule has 2 N–H and O–H groups in total. The van der Waals surface area contributed by atoms with Gasteiger partial charge in [-0.05, 0) is 6.07 Å². The molecule has 0 saturated carbocycles. The summed E-state index contributed by atoms with van der Waals surface area (Å²) >= 11 is 0. The van der Waals surface area contributed by atoms with Crippen molar-refractivity contribution in [1.82, 2.24) is 13.5 Å². The highest BCUT2D eigenvalue weighted by atomic mass is 32.2. The van der Waals surface area contributed by atoms with Gasteiger partial charge in [0.2, 0.25) is 0 Å². The third kappa shape index (κ3) is 1.80. The molecule has 0 radical (unpaired) electrons. The van der Waals surface area contributed by atoms with Crippen LogP contribution >= 0.6 is 0 Å². The maximum atomic E-state index is 11.5. The molecule has 1 aromatic heterocycles. The highest BCUT2D eigenvalue weighted by Gasteiger charge is 2.26. The van der Waals surface area contributed by atoms with Gasteiger partial charge in [0, 0.05) is 20.3 Å². The van der Waals surface area contributed by atoms with Crippen molar-refractivity contribution < 1.29 is 18.5 Å². The highest BCUT2D eigenvalue weighted by molar-refractivity contribution is 7.87. The molecule has 0 aliphatic carbocycles. The first kappa shape index (κ1) is 11.2. The Morgan fingerprint density at radius 1 is 1.50 bits per heavy atom. The van der Waals surface area contributed by atoms with Crippen LogP contribution in [0.3, 0.4) is 0 Å². The van der Waals surface area contributed by atoms with Crippen molar-refractivity contribution in [3.63, 3.8) is 0 Å². The Bertz CT molecular complexity index is 412. The van der Waals surface area contributed by atoms with Crippen LogP contribution in [0.2, 0.25) is 0 Å². The van der Waals surface area contributed by atoms with Crippen molar-refractivity contribution in [3.05, 3.63) is 12.3 Å². The molecule has 0 saturated heterocycles. The fourth-order valence-corrected chi connectivity index (χ4v) is 1.74. The van der Waals surface area contributed by atoms with E-state index in [9.17, 15) is 8.42 Å². The van der Waals surface area contributed by atoms with Gasteiger partial charge < -0.3 is 10.0 Å². The van der Waals surface area contributed by atoms with Crippen LogP contribution in [0.5, 0.6) is 0 Å². The summed E-state index contributed by atoms with van der Waals surface area (Å²) in [6.45, 7) is 0.